The van der Waals surface area contributed by atoms with Crippen molar-refractivity contribution in [2.75, 3.05) is 19.8 Å². The van der Waals surface area contributed by atoms with Gasteiger partial charge in [0, 0.05) is 0 Å². The average Bonchev–Trinajstić information content (AvgIpc) is 2.57. The normalized spacial score (nSPS) is 31.6. The molecule has 1 aliphatic rings. The highest BCUT2D eigenvalue weighted by Gasteiger charge is 2.31. The first-order chi connectivity index (χ1) is 11.0. The van der Waals surface area contributed by atoms with Crippen LogP contribution in [0, 0.1) is 0 Å². The molecule has 0 aliphatic carbocycles. The van der Waals surface area contributed by atoms with Gasteiger partial charge in [0.1, 0.15) is 31.0 Å². The van der Waals surface area contributed by atoms with Crippen LogP contribution >= 0.6 is 0 Å². The third-order valence-electron chi connectivity index (χ3n) is 3.50. The molecule has 0 aromatic heterocycles. The lowest BCUT2D eigenvalue weighted by atomic mass is 10.0. The van der Waals surface area contributed by atoms with E-state index in [1.165, 1.54) is 0 Å². The maximum atomic E-state index is 12.1. The number of cyclic esters (lactones) is 1. The van der Waals surface area contributed by atoms with Gasteiger partial charge in [-0.15, -0.1) is 0 Å². The topological polar surface area (TPSA) is 116 Å². The third-order valence-corrected chi connectivity index (χ3v) is 3.50. The number of benzene rings is 1. The van der Waals surface area contributed by atoms with Crippen molar-refractivity contribution in [2.24, 2.45) is 0 Å². The van der Waals surface area contributed by atoms with Crippen LogP contribution in [0.5, 0.6) is 0 Å². The second-order valence-corrected chi connectivity index (χ2v) is 5.24. The van der Waals surface area contributed by atoms with Crippen LogP contribution in [-0.4, -0.2) is 70.6 Å². The second-order valence-electron chi connectivity index (χ2n) is 5.24. The predicted molar refractivity (Wildman–Crippen MR) is 80.6 cm³/mol. The molecule has 7 heteroatoms. The first-order valence-electron chi connectivity index (χ1n) is 7.23. The highest BCUT2D eigenvalue weighted by molar-refractivity contribution is 5.93. The van der Waals surface area contributed by atoms with Gasteiger partial charge in [-0.3, -0.25) is 0 Å². The minimum Gasteiger partial charge on any atom is -0.459 e. The van der Waals surface area contributed by atoms with Crippen LogP contribution in [0.1, 0.15) is 15.9 Å². The van der Waals surface area contributed by atoms with Crippen LogP contribution < -0.4 is 0 Å². The first kappa shape index (κ1) is 17.6. The number of aliphatic hydroxyl groups is 4. The zero-order valence-electron chi connectivity index (χ0n) is 12.4. The Hall–Kier alpha value is -1.77. The van der Waals surface area contributed by atoms with Gasteiger partial charge < -0.3 is 29.9 Å². The molecule has 4 atom stereocenters. The first-order valence-corrected chi connectivity index (χ1v) is 7.23. The van der Waals surface area contributed by atoms with Gasteiger partial charge in [-0.2, -0.15) is 0 Å². The molecule has 7 nitrogen and oxygen atoms in total. The molecule has 0 fully saturated rings. The van der Waals surface area contributed by atoms with Gasteiger partial charge in [0.2, 0.25) is 0 Å². The second kappa shape index (κ2) is 8.19. The summed E-state index contributed by atoms with van der Waals surface area (Å²) in [5, 5.41) is 39.0. The summed E-state index contributed by atoms with van der Waals surface area (Å²) < 4.78 is 10.2. The highest BCUT2D eigenvalue weighted by atomic mass is 16.5. The fourth-order valence-corrected chi connectivity index (χ4v) is 2.15. The number of aliphatic hydroxyl groups excluding tert-OH is 4. The minimum absolute atomic E-state index is 0.145. The summed E-state index contributed by atoms with van der Waals surface area (Å²) >= 11 is 0. The number of rotatable bonds is 0. The molecule has 1 aliphatic heterocycles. The van der Waals surface area contributed by atoms with E-state index < -0.39 is 37.0 Å². The zero-order valence-corrected chi connectivity index (χ0v) is 12.4. The summed E-state index contributed by atoms with van der Waals surface area (Å²) in [6, 6.07) is 6.75. The van der Waals surface area contributed by atoms with Crippen molar-refractivity contribution in [3.8, 4) is 0 Å². The molecule has 0 unspecified atom stereocenters. The standard InChI is InChI=1S/C16H20O7/c17-12-8-22-7-3-5-10-4-1-2-6-11(10)16(21)23-9-13(18)15(20)14(12)19/h1-6,12-15,17-20H,7-9H2/b5-3+/t12-,13+,14-,15-/m1/s1. The van der Waals surface area contributed by atoms with Gasteiger partial charge in [-0.1, -0.05) is 30.4 Å². The van der Waals surface area contributed by atoms with Gasteiger partial charge >= 0.3 is 5.97 Å². The summed E-state index contributed by atoms with van der Waals surface area (Å²) in [6.45, 7) is -0.578. The number of carbonyl (C=O) groups excluding carboxylic acids is 1. The molecule has 1 aromatic carbocycles. The van der Waals surface area contributed by atoms with E-state index in [9.17, 15) is 25.2 Å². The van der Waals surface area contributed by atoms with E-state index in [-0.39, 0.29) is 13.2 Å². The number of esters is 1. The molecule has 0 spiro atoms. The molecule has 23 heavy (non-hydrogen) atoms. The van der Waals surface area contributed by atoms with Gasteiger partial charge in [0.05, 0.1) is 18.8 Å². The number of fused-ring (bicyclic) bond motifs is 1. The van der Waals surface area contributed by atoms with E-state index in [0.717, 1.165) is 0 Å². The maximum Gasteiger partial charge on any atom is 0.338 e. The highest BCUT2D eigenvalue weighted by Crippen LogP contribution is 2.14. The van der Waals surface area contributed by atoms with Crippen molar-refractivity contribution < 1.29 is 34.7 Å². The van der Waals surface area contributed by atoms with Crippen molar-refractivity contribution >= 4 is 12.0 Å². The zero-order chi connectivity index (χ0) is 16.8. The molecule has 1 heterocycles. The number of hydrogen-bond donors (Lipinski definition) is 4. The van der Waals surface area contributed by atoms with Crippen molar-refractivity contribution in [2.45, 2.75) is 24.4 Å². The predicted octanol–water partition coefficient (Wildman–Crippen LogP) is -0.670. The molecule has 1 aromatic rings. The molecule has 0 saturated heterocycles. The molecule has 0 saturated carbocycles. The van der Waals surface area contributed by atoms with Crippen molar-refractivity contribution in [3.05, 3.63) is 41.5 Å². The molecule has 0 bridgehead atoms. The van der Waals surface area contributed by atoms with E-state index in [0.29, 0.717) is 11.1 Å². The molecular weight excluding hydrogens is 304 g/mol. The minimum atomic E-state index is -1.67. The van der Waals surface area contributed by atoms with Gasteiger partial charge in [0.25, 0.3) is 0 Å². The molecule has 2 rings (SSSR count). The average molecular weight is 324 g/mol. The van der Waals surface area contributed by atoms with Crippen LogP contribution in [0.4, 0.5) is 0 Å². The van der Waals surface area contributed by atoms with E-state index >= 15 is 0 Å². The molecule has 4 N–H and O–H groups in total. The van der Waals surface area contributed by atoms with Gasteiger partial charge in [-0.05, 0) is 11.6 Å². The SMILES string of the molecule is O=C1OC[C@H](O)[C@@H](O)[C@H](O)[C@H](O)COC/C=C/c2ccccc21. The molecule has 126 valence electrons. The Morgan fingerprint density at radius 3 is 2.35 bits per heavy atom. The maximum absolute atomic E-state index is 12.1. The van der Waals surface area contributed by atoms with Crippen molar-refractivity contribution in [1.29, 1.82) is 0 Å². The Bertz CT molecular complexity index is 557. The van der Waals surface area contributed by atoms with Crippen LogP contribution in [0.3, 0.4) is 0 Å². The van der Waals surface area contributed by atoms with Crippen LogP contribution in [0.25, 0.3) is 6.08 Å². The Morgan fingerprint density at radius 1 is 0.957 bits per heavy atom. The number of carbonyl (C=O) groups is 1. The summed E-state index contributed by atoms with van der Waals surface area (Å²) in [6.07, 6.45) is -2.87. The summed E-state index contributed by atoms with van der Waals surface area (Å²) in [5.74, 6) is -0.662. The Kier molecular flexibility index (Phi) is 6.26. The number of ether oxygens (including phenoxy) is 2. The van der Waals surface area contributed by atoms with E-state index in [2.05, 4.69) is 0 Å². The lowest BCUT2D eigenvalue weighted by Crippen LogP contribution is -2.47. The van der Waals surface area contributed by atoms with Crippen molar-refractivity contribution in [3.63, 3.8) is 0 Å². The van der Waals surface area contributed by atoms with Gasteiger partial charge in [-0.25, -0.2) is 4.79 Å². The quantitative estimate of drug-likeness (QED) is 0.468. The lowest BCUT2D eigenvalue weighted by Gasteiger charge is -2.26. The van der Waals surface area contributed by atoms with E-state index in [4.69, 9.17) is 9.47 Å². The Morgan fingerprint density at radius 2 is 1.61 bits per heavy atom. The largest absolute Gasteiger partial charge is 0.459 e. The smallest absolute Gasteiger partial charge is 0.338 e. The van der Waals surface area contributed by atoms with Crippen LogP contribution in [0.15, 0.2) is 30.3 Å². The summed E-state index contributed by atoms with van der Waals surface area (Å²) in [7, 11) is 0. The fraction of sp³-hybridized carbons (Fsp3) is 0.438. The lowest BCUT2D eigenvalue weighted by molar-refractivity contribution is -0.128. The molecule has 0 radical (unpaired) electrons. The fourth-order valence-electron chi connectivity index (χ4n) is 2.15. The summed E-state index contributed by atoms with van der Waals surface area (Å²) in [4.78, 5) is 12.1. The summed E-state index contributed by atoms with van der Waals surface area (Å²) in [5.41, 5.74) is 0.928. The third kappa shape index (κ3) is 4.60. The van der Waals surface area contributed by atoms with Gasteiger partial charge in [0.15, 0.2) is 0 Å². The Labute approximate surface area is 133 Å². The van der Waals surface area contributed by atoms with Crippen LogP contribution in [0.2, 0.25) is 0 Å². The van der Waals surface area contributed by atoms with E-state index in [1.807, 2.05) is 0 Å². The van der Waals surface area contributed by atoms with E-state index in [1.54, 1.807) is 36.4 Å². The Balaban J connectivity index is 2.21. The molecule has 0 amide bonds. The van der Waals surface area contributed by atoms with Crippen LogP contribution in [-0.2, 0) is 9.47 Å². The number of hydrogen-bond acceptors (Lipinski definition) is 7. The van der Waals surface area contributed by atoms with Crippen molar-refractivity contribution in [1.82, 2.24) is 0 Å². The molecular formula is C16H20O7. The monoisotopic (exact) mass is 324 g/mol.